The van der Waals surface area contributed by atoms with Crippen LogP contribution in [-0.4, -0.2) is 9.97 Å². The zero-order valence-electron chi connectivity index (χ0n) is 8.42. The maximum Gasteiger partial charge on any atom is 0.245 e. The minimum atomic E-state index is 0.551. The van der Waals surface area contributed by atoms with Crippen molar-refractivity contribution in [1.82, 2.24) is 9.97 Å². The molecule has 0 radical (unpaired) electrons. The summed E-state index contributed by atoms with van der Waals surface area (Å²) in [7, 11) is 0. The molecule has 78 valence electrons. The average Bonchev–Trinajstić information content (AvgIpc) is 2.39. The van der Waals surface area contributed by atoms with Crippen LogP contribution in [0.1, 0.15) is 5.56 Å². The Labute approximate surface area is 92.6 Å². The Balaban J connectivity index is 1.95. The Morgan fingerprint density at radius 3 is 2.88 bits per heavy atom. The van der Waals surface area contributed by atoms with Gasteiger partial charge in [0.1, 0.15) is 18.3 Å². The first-order chi connectivity index (χ1) is 7.93. The Morgan fingerprint density at radius 1 is 1.12 bits per heavy atom. The summed E-state index contributed by atoms with van der Waals surface area (Å²) in [6.07, 6.45) is 4.81. The second kappa shape index (κ2) is 3.66. The van der Waals surface area contributed by atoms with Crippen LogP contribution in [-0.2, 0) is 0 Å². The van der Waals surface area contributed by atoms with Crippen LogP contribution < -0.4 is 10.1 Å². The molecule has 0 amide bonds. The van der Waals surface area contributed by atoms with Gasteiger partial charge in [-0.05, 0) is 0 Å². The van der Waals surface area contributed by atoms with Crippen molar-refractivity contribution in [2.45, 2.75) is 0 Å². The van der Waals surface area contributed by atoms with Gasteiger partial charge in [-0.1, -0.05) is 30.3 Å². The van der Waals surface area contributed by atoms with Crippen LogP contribution in [0.3, 0.4) is 0 Å². The molecule has 1 aliphatic heterocycles. The Kier molecular flexibility index (Phi) is 2.04. The maximum atomic E-state index is 5.41. The lowest BCUT2D eigenvalue weighted by Crippen LogP contribution is -2.08. The van der Waals surface area contributed by atoms with E-state index in [1.807, 2.05) is 30.3 Å². The fraction of sp³-hybridized carbons (Fsp3) is 0. The molecular weight excluding hydrogens is 202 g/mol. The predicted molar refractivity (Wildman–Crippen MR) is 60.7 cm³/mol. The number of ether oxygens (including phenoxy) is 1. The molecule has 0 spiro atoms. The molecule has 0 saturated carbocycles. The van der Waals surface area contributed by atoms with E-state index in [0.29, 0.717) is 5.88 Å². The molecule has 0 unspecified atom stereocenters. The number of nitrogens with one attached hydrogen (secondary N) is 1. The quantitative estimate of drug-likeness (QED) is 0.786. The van der Waals surface area contributed by atoms with Gasteiger partial charge >= 0.3 is 0 Å². The fourth-order valence-corrected chi connectivity index (χ4v) is 1.55. The minimum absolute atomic E-state index is 0.551. The van der Waals surface area contributed by atoms with Crippen molar-refractivity contribution in [2.75, 3.05) is 5.32 Å². The molecule has 1 N–H and O–H groups in total. The zero-order chi connectivity index (χ0) is 10.8. The summed E-state index contributed by atoms with van der Waals surface area (Å²) in [6.45, 7) is 0. The lowest BCUT2D eigenvalue weighted by molar-refractivity contribution is 0.459. The van der Waals surface area contributed by atoms with Gasteiger partial charge in [0.05, 0.1) is 11.9 Å². The number of benzene rings is 1. The Hall–Kier alpha value is -2.36. The smallest absolute Gasteiger partial charge is 0.245 e. The molecule has 1 aromatic carbocycles. The monoisotopic (exact) mass is 211 g/mol. The lowest BCUT2D eigenvalue weighted by Gasteiger charge is -2.17. The van der Waals surface area contributed by atoms with E-state index in [9.17, 15) is 0 Å². The molecule has 0 atom stereocenters. The van der Waals surface area contributed by atoms with Crippen LogP contribution in [0.5, 0.6) is 5.88 Å². The summed E-state index contributed by atoms with van der Waals surface area (Å²) in [6, 6.07) is 9.96. The lowest BCUT2D eigenvalue weighted by atomic mass is 10.1. The number of nitrogens with zero attached hydrogens (tertiary/aromatic N) is 2. The van der Waals surface area contributed by atoms with Crippen molar-refractivity contribution < 1.29 is 4.74 Å². The molecule has 16 heavy (non-hydrogen) atoms. The number of rotatable bonds is 1. The van der Waals surface area contributed by atoms with Gasteiger partial charge in [-0.2, -0.15) is 4.98 Å². The third-order valence-electron chi connectivity index (χ3n) is 2.32. The minimum Gasteiger partial charge on any atom is -0.443 e. The molecule has 2 heterocycles. The van der Waals surface area contributed by atoms with E-state index in [-0.39, 0.29) is 0 Å². The molecule has 3 rings (SSSR count). The van der Waals surface area contributed by atoms with E-state index in [4.69, 9.17) is 4.74 Å². The van der Waals surface area contributed by atoms with Crippen LogP contribution in [0.2, 0.25) is 0 Å². The molecule has 1 aromatic heterocycles. The average molecular weight is 211 g/mol. The van der Waals surface area contributed by atoms with E-state index in [1.165, 1.54) is 6.33 Å². The van der Waals surface area contributed by atoms with Gasteiger partial charge in [0, 0.05) is 5.56 Å². The summed E-state index contributed by atoms with van der Waals surface area (Å²) >= 11 is 0. The topological polar surface area (TPSA) is 47.0 Å². The summed E-state index contributed by atoms with van der Waals surface area (Å²) in [5.41, 5.74) is 2.75. The summed E-state index contributed by atoms with van der Waals surface area (Å²) in [4.78, 5) is 7.95. The van der Waals surface area contributed by atoms with Crippen LogP contribution >= 0.6 is 0 Å². The van der Waals surface area contributed by atoms with Gasteiger partial charge in [-0.15, -0.1) is 0 Å². The van der Waals surface area contributed by atoms with E-state index in [1.54, 1.807) is 12.5 Å². The second-order valence-electron chi connectivity index (χ2n) is 3.38. The van der Waals surface area contributed by atoms with Crippen molar-refractivity contribution in [2.24, 2.45) is 0 Å². The highest BCUT2D eigenvalue weighted by Crippen LogP contribution is 2.29. The molecule has 4 nitrogen and oxygen atoms in total. The third kappa shape index (κ3) is 1.50. The Bertz CT molecular complexity index is 537. The standard InChI is InChI=1S/C12H9N3O/c1-2-4-9(5-3-1)11-7-16-12-10(15-11)6-13-8-14-12/h1-8,15H. The highest BCUT2D eigenvalue weighted by Gasteiger charge is 2.13. The van der Waals surface area contributed by atoms with Crippen molar-refractivity contribution >= 4 is 11.4 Å². The van der Waals surface area contributed by atoms with Crippen molar-refractivity contribution in [3.63, 3.8) is 0 Å². The molecule has 2 aromatic rings. The fourth-order valence-electron chi connectivity index (χ4n) is 1.55. The largest absolute Gasteiger partial charge is 0.443 e. The van der Waals surface area contributed by atoms with Crippen molar-refractivity contribution in [3.8, 4) is 5.88 Å². The third-order valence-corrected chi connectivity index (χ3v) is 2.32. The first-order valence-corrected chi connectivity index (χ1v) is 4.93. The van der Waals surface area contributed by atoms with Gasteiger partial charge in [-0.3, -0.25) is 0 Å². The number of anilines is 1. The van der Waals surface area contributed by atoms with Crippen LogP contribution in [0, 0.1) is 0 Å². The summed E-state index contributed by atoms with van der Waals surface area (Å²) in [5.74, 6) is 0.551. The summed E-state index contributed by atoms with van der Waals surface area (Å²) < 4.78 is 5.41. The first-order valence-electron chi connectivity index (χ1n) is 4.93. The van der Waals surface area contributed by atoms with Crippen LogP contribution in [0.4, 0.5) is 5.69 Å². The number of fused-ring (bicyclic) bond motifs is 1. The molecule has 0 fully saturated rings. The molecule has 4 heteroatoms. The van der Waals surface area contributed by atoms with Gasteiger partial charge in [0.15, 0.2) is 0 Å². The van der Waals surface area contributed by atoms with Gasteiger partial charge < -0.3 is 10.1 Å². The number of hydrogen-bond acceptors (Lipinski definition) is 4. The number of hydrogen-bond donors (Lipinski definition) is 1. The van der Waals surface area contributed by atoms with Gasteiger partial charge in [-0.25, -0.2) is 4.98 Å². The first kappa shape index (κ1) is 8.91. The summed E-state index contributed by atoms with van der Waals surface area (Å²) in [5, 5.41) is 3.22. The predicted octanol–water partition coefficient (Wildman–Crippen LogP) is 2.28. The molecule has 0 saturated heterocycles. The highest BCUT2D eigenvalue weighted by atomic mass is 16.5. The Morgan fingerprint density at radius 2 is 2.00 bits per heavy atom. The van der Waals surface area contributed by atoms with Gasteiger partial charge in [0.25, 0.3) is 0 Å². The van der Waals surface area contributed by atoms with Crippen LogP contribution in [0.25, 0.3) is 5.70 Å². The van der Waals surface area contributed by atoms with E-state index in [0.717, 1.165) is 16.9 Å². The van der Waals surface area contributed by atoms with E-state index in [2.05, 4.69) is 15.3 Å². The maximum absolute atomic E-state index is 5.41. The normalized spacial score (nSPS) is 13.1. The molecular formula is C12H9N3O. The van der Waals surface area contributed by atoms with E-state index >= 15 is 0 Å². The molecule has 0 aliphatic carbocycles. The van der Waals surface area contributed by atoms with Gasteiger partial charge in [0.2, 0.25) is 5.88 Å². The SMILES string of the molecule is C1=C(c2ccccc2)Nc2cncnc2O1. The number of aromatic nitrogens is 2. The van der Waals surface area contributed by atoms with Crippen LogP contribution in [0.15, 0.2) is 49.1 Å². The highest BCUT2D eigenvalue weighted by molar-refractivity contribution is 5.79. The molecule has 0 bridgehead atoms. The van der Waals surface area contributed by atoms with Crippen molar-refractivity contribution in [3.05, 3.63) is 54.7 Å². The zero-order valence-corrected chi connectivity index (χ0v) is 8.42. The van der Waals surface area contributed by atoms with Crippen molar-refractivity contribution in [1.29, 1.82) is 0 Å². The van der Waals surface area contributed by atoms with E-state index < -0.39 is 0 Å². The molecule has 1 aliphatic rings. The second-order valence-corrected chi connectivity index (χ2v) is 3.38.